The summed E-state index contributed by atoms with van der Waals surface area (Å²) in [6.07, 6.45) is 12.0. The number of fused-ring (bicyclic) bond motifs is 1. The molecule has 1 saturated carbocycles. The van der Waals surface area contributed by atoms with Gasteiger partial charge in [0.25, 0.3) is 0 Å². The van der Waals surface area contributed by atoms with Crippen LogP contribution in [0.15, 0.2) is 36.8 Å². The summed E-state index contributed by atoms with van der Waals surface area (Å²) in [5.74, 6) is 3.40. The lowest BCUT2D eigenvalue weighted by molar-refractivity contribution is -0.0110. The molecule has 7 heteroatoms. The van der Waals surface area contributed by atoms with E-state index < -0.39 is 0 Å². The van der Waals surface area contributed by atoms with Gasteiger partial charge < -0.3 is 19.8 Å². The minimum Gasteiger partial charge on any atom is -0.491 e. The highest BCUT2D eigenvalue weighted by molar-refractivity contribution is 7.98. The zero-order chi connectivity index (χ0) is 21.2. The molecule has 1 atom stereocenters. The number of nitrogen functional groups attached to an aromatic ring is 1. The Balaban J connectivity index is 1.42. The Hall–Kier alpha value is -2.25. The fourth-order valence-electron chi connectivity index (χ4n) is 4.79. The number of aromatic nitrogens is 3. The summed E-state index contributed by atoms with van der Waals surface area (Å²) >= 11 is 1.93. The topological polar surface area (TPSA) is 75.2 Å². The van der Waals surface area contributed by atoms with Crippen molar-refractivity contribution >= 4 is 28.6 Å². The van der Waals surface area contributed by atoms with E-state index in [2.05, 4.69) is 39.1 Å². The summed E-state index contributed by atoms with van der Waals surface area (Å²) < 4.78 is 14.2. The van der Waals surface area contributed by atoms with E-state index in [1.807, 2.05) is 23.9 Å². The molecule has 3 aromatic rings. The molecule has 2 aliphatic rings. The van der Waals surface area contributed by atoms with Crippen molar-refractivity contribution in [1.29, 1.82) is 0 Å². The molecule has 1 saturated heterocycles. The summed E-state index contributed by atoms with van der Waals surface area (Å²) in [6, 6.07) is 8.71. The van der Waals surface area contributed by atoms with E-state index in [1.54, 1.807) is 6.33 Å². The highest BCUT2D eigenvalue weighted by Crippen LogP contribution is 2.43. The fourth-order valence-corrected chi connectivity index (χ4v) is 5.53. The predicted octanol–water partition coefficient (Wildman–Crippen LogP) is 4.94. The van der Waals surface area contributed by atoms with Crippen molar-refractivity contribution in [3.8, 4) is 16.9 Å². The van der Waals surface area contributed by atoms with Crippen molar-refractivity contribution in [2.75, 3.05) is 31.0 Å². The summed E-state index contributed by atoms with van der Waals surface area (Å²) in [5.41, 5.74) is 9.40. The summed E-state index contributed by atoms with van der Waals surface area (Å²) in [5, 5.41) is 0.934. The van der Waals surface area contributed by atoms with Crippen molar-refractivity contribution in [2.45, 2.75) is 44.2 Å². The molecule has 31 heavy (non-hydrogen) atoms. The fraction of sp³-hybridized carbons (Fsp3) is 0.500. The van der Waals surface area contributed by atoms with E-state index in [-0.39, 0.29) is 6.10 Å². The Labute approximate surface area is 187 Å². The lowest BCUT2D eigenvalue weighted by atomic mass is 9.81. The van der Waals surface area contributed by atoms with Crippen LogP contribution in [0.1, 0.15) is 38.1 Å². The molecule has 164 valence electrons. The van der Waals surface area contributed by atoms with E-state index in [9.17, 15) is 0 Å². The number of rotatable bonds is 7. The Morgan fingerprint density at radius 3 is 2.97 bits per heavy atom. The van der Waals surface area contributed by atoms with E-state index in [4.69, 9.17) is 15.2 Å². The quantitative estimate of drug-likeness (QED) is 0.563. The number of hydrogen-bond acceptors (Lipinski definition) is 6. The predicted molar refractivity (Wildman–Crippen MR) is 127 cm³/mol. The first-order valence-corrected chi connectivity index (χ1v) is 12.6. The van der Waals surface area contributed by atoms with Gasteiger partial charge in [-0.25, -0.2) is 9.97 Å². The molecule has 6 nitrogen and oxygen atoms in total. The van der Waals surface area contributed by atoms with Crippen molar-refractivity contribution in [2.24, 2.45) is 5.92 Å². The van der Waals surface area contributed by atoms with Crippen molar-refractivity contribution in [1.82, 2.24) is 14.5 Å². The van der Waals surface area contributed by atoms with Gasteiger partial charge in [-0.1, -0.05) is 12.1 Å². The molecule has 0 spiro atoms. The van der Waals surface area contributed by atoms with Crippen molar-refractivity contribution in [3.05, 3.63) is 36.8 Å². The Bertz CT molecular complexity index is 1040. The number of anilines is 1. The van der Waals surface area contributed by atoms with Gasteiger partial charge in [0.05, 0.1) is 11.5 Å². The van der Waals surface area contributed by atoms with E-state index >= 15 is 0 Å². The summed E-state index contributed by atoms with van der Waals surface area (Å²) in [4.78, 5) is 8.88. The van der Waals surface area contributed by atoms with Gasteiger partial charge in [-0.05, 0) is 67.7 Å². The number of nitrogens with two attached hydrogens (primary N) is 1. The Morgan fingerprint density at radius 2 is 2.16 bits per heavy atom. The normalized spacial score (nSPS) is 23.6. The Kier molecular flexibility index (Phi) is 6.05. The molecule has 5 rings (SSSR count). The Morgan fingerprint density at radius 1 is 1.26 bits per heavy atom. The molecule has 1 aliphatic heterocycles. The van der Waals surface area contributed by atoms with Crippen LogP contribution < -0.4 is 10.5 Å². The third-order valence-electron chi connectivity index (χ3n) is 6.50. The van der Waals surface area contributed by atoms with Crippen LogP contribution in [0, 0.1) is 5.92 Å². The third-order valence-corrected chi connectivity index (χ3v) is 7.30. The number of thioether (sulfide) groups is 1. The van der Waals surface area contributed by atoms with Crippen LogP contribution in [-0.2, 0) is 4.74 Å². The molecule has 0 bridgehead atoms. The second-order valence-electron chi connectivity index (χ2n) is 8.68. The molecular weight excluding hydrogens is 408 g/mol. The van der Waals surface area contributed by atoms with Gasteiger partial charge in [0.1, 0.15) is 30.1 Å². The van der Waals surface area contributed by atoms with Gasteiger partial charge in [0, 0.05) is 24.4 Å². The lowest BCUT2D eigenvalue weighted by Gasteiger charge is -2.36. The van der Waals surface area contributed by atoms with Gasteiger partial charge in [-0.3, -0.25) is 0 Å². The largest absolute Gasteiger partial charge is 0.491 e. The monoisotopic (exact) mass is 438 g/mol. The maximum absolute atomic E-state index is 6.32. The standard InChI is InChI=1S/C24H30N4O2S/c1-31-14-16-9-18(10-16)28-12-21(22-23(25)26-15-27-24(22)28)17-5-4-7-19(11-17)30-13-20-6-2-3-8-29-20/h4-5,7,11-12,15-16,18,20H,2-3,6,8-10,13-14H2,1H3,(H2,25,26,27)/t16?,18?,20-/m1/s1. The third kappa shape index (κ3) is 4.26. The zero-order valence-electron chi connectivity index (χ0n) is 18.0. The van der Waals surface area contributed by atoms with Crippen LogP contribution >= 0.6 is 11.8 Å². The number of nitrogens with zero attached hydrogens (tertiary/aromatic N) is 3. The number of hydrogen-bond donors (Lipinski definition) is 1. The van der Waals surface area contributed by atoms with Gasteiger partial charge in [-0.2, -0.15) is 11.8 Å². The molecule has 1 aromatic carbocycles. The molecule has 0 unspecified atom stereocenters. The van der Waals surface area contributed by atoms with Gasteiger partial charge in [-0.15, -0.1) is 0 Å². The molecule has 1 aliphatic carbocycles. The van der Waals surface area contributed by atoms with Crippen LogP contribution in [0.2, 0.25) is 0 Å². The molecular formula is C24H30N4O2S. The first-order chi connectivity index (χ1) is 15.2. The van der Waals surface area contributed by atoms with Crippen LogP contribution in [-0.4, -0.2) is 45.9 Å². The van der Waals surface area contributed by atoms with Crippen LogP contribution in [0.5, 0.6) is 5.75 Å². The summed E-state index contributed by atoms with van der Waals surface area (Å²) in [7, 11) is 0. The average molecular weight is 439 g/mol. The maximum Gasteiger partial charge on any atom is 0.146 e. The lowest BCUT2D eigenvalue weighted by Crippen LogP contribution is -2.28. The van der Waals surface area contributed by atoms with Crippen LogP contribution in [0.4, 0.5) is 5.82 Å². The molecule has 2 fully saturated rings. The first kappa shape index (κ1) is 20.6. The van der Waals surface area contributed by atoms with Crippen LogP contribution in [0.3, 0.4) is 0 Å². The minimum atomic E-state index is 0.191. The highest BCUT2D eigenvalue weighted by atomic mass is 32.2. The molecule has 0 radical (unpaired) electrons. The van der Waals surface area contributed by atoms with Crippen molar-refractivity contribution in [3.63, 3.8) is 0 Å². The van der Waals surface area contributed by atoms with Gasteiger partial charge in [0.15, 0.2) is 0 Å². The zero-order valence-corrected chi connectivity index (χ0v) is 18.8. The molecule has 2 N–H and O–H groups in total. The number of benzene rings is 1. The molecule has 2 aromatic heterocycles. The number of ether oxygens (including phenoxy) is 2. The molecule has 0 amide bonds. The summed E-state index contributed by atoms with van der Waals surface area (Å²) in [6.45, 7) is 1.43. The van der Waals surface area contributed by atoms with Gasteiger partial charge >= 0.3 is 0 Å². The highest BCUT2D eigenvalue weighted by Gasteiger charge is 2.32. The smallest absolute Gasteiger partial charge is 0.146 e. The van der Waals surface area contributed by atoms with E-state index in [0.29, 0.717) is 18.5 Å². The van der Waals surface area contributed by atoms with Crippen molar-refractivity contribution < 1.29 is 9.47 Å². The van der Waals surface area contributed by atoms with Crippen LogP contribution in [0.25, 0.3) is 22.2 Å². The maximum atomic E-state index is 6.32. The second-order valence-corrected chi connectivity index (χ2v) is 9.59. The van der Waals surface area contributed by atoms with Gasteiger partial charge in [0.2, 0.25) is 0 Å². The minimum absolute atomic E-state index is 0.191. The first-order valence-electron chi connectivity index (χ1n) is 11.2. The van der Waals surface area contributed by atoms with E-state index in [1.165, 1.54) is 25.0 Å². The molecule has 3 heterocycles. The average Bonchev–Trinajstić information content (AvgIpc) is 3.16. The SMILES string of the molecule is CSCC1CC(n2cc(-c3cccc(OC[C@H]4CCCCO4)c3)c3c(N)ncnc32)C1. The van der Waals surface area contributed by atoms with E-state index in [0.717, 1.165) is 53.3 Å². The second kappa shape index (κ2) is 9.09.